The Balaban J connectivity index is 2.41. The van der Waals surface area contributed by atoms with Crippen molar-refractivity contribution < 1.29 is 19.4 Å². The van der Waals surface area contributed by atoms with Crippen molar-refractivity contribution in [2.75, 3.05) is 20.3 Å². The zero-order valence-corrected chi connectivity index (χ0v) is 15.7. The molecule has 0 saturated carbocycles. The van der Waals surface area contributed by atoms with Gasteiger partial charge in [0.1, 0.15) is 18.5 Å². The maximum Gasteiger partial charge on any atom is 0.337 e. The molecule has 0 saturated heterocycles. The van der Waals surface area contributed by atoms with E-state index in [1.807, 2.05) is 0 Å². The first-order valence-electron chi connectivity index (χ1n) is 8.27. The van der Waals surface area contributed by atoms with Crippen LogP contribution in [-0.2, 0) is 4.74 Å². The molecule has 1 atom stereocenters. The number of carbonyl (C=O) groups is 1. The number of rotatable bonds is 8. The van der Waals surface area contributed by atoms with Gasteiger partial charge in [0.05, 0.1) is 12.7 Å². The second-order valence-corrected chi connectivity index (χ2v) is 7.98. The van der Waals surface area contributed by atoms with E-state index < -0.39 is 6.10 Å². The number of aliphatic hydroxyl groups excluding tert-OH is 1. The highest BCUT2D eigenvalue weighted by molar-refractivity contribution is 5.89. The monoisotopic (exact) mass is 337 g/mol. The van der Waals surface area contributed by atoms with Gasteiger partial charge in [-0.05, 0) is 49.9 Å². The molecule has 0 radical (unpaired) electrons. The summed E-state index contributed by atoms with van der Waals surface area (Å²) in [7, 11) is 1.34. The lowest BCUT2D eigenvalue weighted by molar-refractivity contribution is 0.0600. The highest BCUT2D eigenvalue weighted by Crippen LogP contribution is 2.26. The van der Waals surface area contributed by atoms with Gasteiger partial charge in [0, 0.05) is 12.1 Å². The normalized spacial score (nSPS) is 13.5. The minimum Gasteiger partial charge on any atom is -0.491 e. The van der Waals surface area contributed by atoms with Crippen molar-refractivity contribution in [1.29, 1.82) is 0 Å². The maximum absolute atomic E-state index is 11.4. The molecule has 2 N–H and O–H groups in total. The van der Waals surface area contributed by atoms with E-state index in [0.717, 1.165) is 6.42 Å². The summed E-state index contributed by atoms with van der Waals surface area (Å²) in [5, 5.41) is 13.5. The lowest BCUT2D eigenvalue weighted by Crippen LogP contribution is -2.46. The number of aliphatic hydroxyl groups is 1. The molecule has 0 bridgehead atoms. The Bertz CT molecular complexity index is 517. The van der Waals surface area contributed by atoms with Crippen molar-refractivity contribution in [3.05, 3.63) is 29.8 Å². The molecular formula is C19H31NO4. The van der Waals surface area contributed by atoms with Crippen LogP contribution in [0.15, 0.2) is 24.3 Å². The number of hydrogen-bond acceptors (Lipinski definition) is 5. The maximum atomic E-state index is 11.4. The Morgan fingerprint density at radius 2 is 1.75 bits per heavy atom. The second-order valence-electron chi connectivity index (χ2n) is 7.98. The number of hydrogen-bond donors (Lipinski definition) is 2. The molecule has 1 rings (SSSR count). The van der Waals surface area contributed by atoms with Crippen LogP contribution in [0.2, 0.25) is 0 Å². The number of ether oxygens (including phenoxy) is 2. The van der Waals surface area contributed by atoms with Crippen molar-refractivity contribution in [3.63, 3.8) is 0 Å². The molecule has 24 heavy (non-hydrogen) atoms. The second kappa shape index (κ2) is 8.49. The predicted molar refractivity (Wildman–Crippen MR) is 95.4 cm³/mol. The van der Waals surface area contributed by atoms with Gasteiger partial charge in [0.15, 0.2) is 0 Å². The van der Waals surface area contributed by atoms with Gasteiger partial charge in [0.25, 0.3) is 0 Å². The van der Waals surface area contributed by atoms with Crippen molar-refractivity contribution in [2.45, 2.75) is 52.7 Å². The first-order chi connectivity index (χ1) is 11.0. The average Bonchev–Trinajstić information content (AvgIpc) is 2.48. The lowest BCUT2D eigenvalue weighted by Gasteiger charge is -2.34. The molecule has 5 heteroatoms. The number of esters is 1. The van der Waals surface area contributed by atoms with Crippen molar-refractivity contribution in [3.8, 4) is 5.75 Å². The lowest BCUT2D eigenvalue weighted by atomic mass is 9.82. The molecule has 0 aliphatic carbocycles. The van der Waals surface area contributed by atoms with Crippen LogP contribution in [0.4, 0.5) is 0 Å². The van der Waals surface area contributed by atoms with Crippen LogP contribution >= 0.6 is 0 Å². The summed E-state index contributed by atoms with van der Waals surface area (Å²) in [4.78, 5) is 11.4. The number of methoxy groups -OCH3 is 1. The van der Waals surface area contributed by atoms with Gasteiger partial charge >= 0.3 is 5.97 Å². The van der Waals surface area contributed by atoms with Crippen LogP contribution in [0.5, 0.6) is 5.75 Å². The molecular weight excluding hydrogens is 306 g/mol. The van der Waals surface area contributed by atoms with Gasteiger partial charge in [0.2, 0.25) is 0 Å². The number of nitrogens with one attached hydrogen (secondary N) is 1. The Kier molecular flexibility index (Phi) is 7.24. The summed E-state index contributed by atoms with van der Waals surface area (Å²) in [6.45, 7) is 11.5. The summed E-state index contributed by atoms with van der Waals surface area (Å²) in [5.41, 5.74) is 0.636. The Labute approximate surface area is 145 Å². The predicted octanol–water partition coefficient (Wildman–Crippen LogP) is 3.02. The van der Waals surface area contributed by atoms with Crippen LogP contribution in [0.3, 0.4) is 0 Å². The van der Waals surface area contributed by atoms with Crippen molar-refractivity contribution >= 4 is 5.97 Å². The molecule has 0 unspecified atom stereocenters. The number of benzene rings is 1. The van der Waals surface area contributed by atoms with Crippen LogP contribution in [0, 0.1) is 5.41 Å². The third-order valence-electron chi connectivity index (χ3n) is 3.51. The topological polar surface area (TPSA) is 67.8 Å². The molecule has 0 aliphatic rings. The minimum atomic E-state index is -0.607. The standard InChI is InChI=1S/C19H31NO4/c1-18(2,3)13-19(4,5)20-11-15(21)12-24-16-9-7-14(8-10-16)17(22)23-6/h7-10,15,20-21H,11-13H2,1-6H3/t15-/m1/s1. The van der Waals surface area contributed by atoms with Crippen LogP contribution in [0.1, 0.15) is 51.4 Å². The SMILES string of the molecule is COC(=O)c1ccc(OC[C@H](O)CNC(C)(C)CC(C)(C)C)cc1. The summed E-state index contributed by atoms with van der Waals surface area (Å²) < 4.78 is 10.2. The molecule has 1 aromatic rings. The highest BCUT2D eigenvalue weighted by Gasteiger charge is 2.25. The van der Waals surface area contributed by atoms with Gasteiger partial charge in [-0.15, -0.1) is 0 Å². The van der Waals surface area contributed by atoms with E-state index in [2.05, 4.69) is 44.7 Å². The fourth-order valence-corrected chi connectivity index (χ4v) is 2.84. The van der Waals surface area contributed by atoms with Crippen LogP contribution in [-0.4, -0.2) is 43.0 Å². The van der Waals surface area contributed by atoms with Crippen LogP contribution < -0.4 is 10.1 Å². The summed E-state index contributed by atoms with van der Waals surface area (Å²) in [5.74, 6) is 0.225. The quantitative estimate of drug-likeness (QED) is 0.714. The summed E-state index contributed by atoms with van der Waals surface area (Å²) in [6, 6.07) is 6.66. The third-order valence-corrected chi connectivity index (χ3v) is 3.51. The van der Waals surface area contributed by atoms with Crippen LogP contribution in [0.25, 0.3) is 0 Å². The first-order valence-corrected chi connectivity index (χ1v) is 8.27. The molecule has 1 aromatic carbocycles. The van der Waals surface area contributed by atoms with Gasteiger partial charge < -0.3 is 19.9 Å². The van der Waals surface area contributed by atoms with Crippen molar-refractivity contribution in [2.24, 2.45) is 5.41 Å². The van der Waals surface area contributed by atoms with E-state index in [1.165, 1.54) is 7.11 Å². The molecule has 0 spiro atoms. The fraction of sp³-hybridized carbons (Fsp3) is 0.632. The zero-order chi connectivity index (χ0) is 18.4. The molecule has 0 fully saturated rings. The van der Waals surface area contributed by atoms with E-state index in [1.54, 1.807) is 24.3 Å². The molecule has 0 aromatic heterocycles. The molecule has 136 valence electrons. The molecule has 0 amide bonds. The van der Waals surface area contributed by atoms with Gasteiger partial charge in [-0.2, -0.15) is 0 Å². The Morgan fingerprint density at radius 3 is 2.25 bits per heavy atom. The van der Waals surface area contributed by atoms with E-state index in [4.69, 9.17) is 4.74 Å². The minimum absolute atomic E-state index is 0.0542. The highest BCUT2D eigenvalue weighted by atomic mass is 16.5. The third kappa shape index (κ3) is 7.79. The van der Waals surface area contributed by atoms with E-state index >= 15 is 0 Å². The Hall–Kier alpha value is -1.59. The zero-order valence-electron chi connectivity index (χ0n) is 15.7. The average molecular weight is 337 g/mol. The van der Waals surface area contributed by atoms with E-state index in [9.17, 15) is 9.90 Å². The van der Waals surface area contributed by atoms with Gasteiger partial charge in [-0.3, -0.25) is 0 Å². The molecule has 0 heterocycles. The smallest absolute Gasteiger partial charge is 0.337 e. The summed E-state index contributed by atoms with van der Waals surface area (Å²) >= 11 is 0. The van der Waals surface area contributed by atoms with E-state index in [-0.39, 0.29) is 23.5 Å². The molecule has 5 nitrogen and oxygen atoms in total. The number of carbonyl (C=O) groups excluding carboxylic acids is 1. The van der Waals surface area contributed by atoms with Gasteiger partial charge in [-0.25, -0.2) is 4.79 Å². The summed E-state index contributed by atoms with van der Waals surface area (Å²) in [6.07, 6.45) is 0.396. The van der Waals surface area contributed by atoms with Crippen molar-refractivity contribution in [1.82, 2.24) is 5.32 Å². The van der Waals surface area contributed by atoms with Gasteiger partial charge in [-0.1, -0.05) is 20.8 Å². The number of β-amino-alcohol motifs (C(OH)–C–C–N with tert-alkyl or cyclic N) is 1. The largest absolute Gasteiger partial charge is 0.491 e. The van der Waals surface area contributed by atoms with E-state index in [0.29, 0.717) is 17.9 Å². The Morgan fingerprint density at radius 1 is 1.17 bits per heavy atom. The fourth-order valence-electron chi connectivity index (χ4n) is 2.84. The molecule has 0 aliphatic heterocycles. The first kappa shape index (κ1) is 20.5.